The van der Waals surface area contributed by atoms with E-state index < -0.39 is 10.0 Å². The van der Waals surface area contributed by atoms with E-state index in [1.165, 1.54) is 15.2 Å². The lowest BCUT2D eigenvalue weighted by molar-refractivity contribution is -0.126. The molecule has 2 aromatic heterocycles. The molecule has 1 aliphatic heterocycles. The lowest BCUT2D eigenvalue weighted by Gasteiger charge is -2.31. The summed E-state index contributed by atoms with van der Waals surface area (Å²) in [5.74, 6) is -0.481. The Bertz CT molecular complexity index is 917. The van der Waals surface area contributed by atoms with Gasteiger partial charge in [-0.05, 0) is 32.8 Å². The van der Waals surface area contributed by atoms with Crippen LogP contribution < -0.4 is 5.32 Å². The van der Waals surface area contributed by atoms with E-state index in [4.69, 9.17) is 0 Å². The van der Waals surface area contributed by atoms with Gasteiger partial charge in [-0.2, -0.15) is 14.5 Å². The Morgan fingerprint density at radius 2 is 2.15 bits per heavy atom. The van der Waals surface area contributed by atoms with Crippen LogP contribution in [0.4, 0.5) is 0 Å². The first-order valence-electron chi connectivity index (χ1n) is 9.11. The molecule has 0 saturated carbocycles. The largest absolute Gasteiger partial charge is 0.350 e. The highest BCUT2D eigenvalue weighted by atomic mass is 32.2. The normalized spacial score (nSPS) is 18.6. The van der Waals surface area contributed by atoms with Gasteiger partial charge in [-0.15, -0.1) is 0 Å². The van der Waals surface area contributed by atoms with Crippen molar-refractivity contribution in [1.29, 1.82) is 0 Å². The molecule has 0 unspecified atom stereocenters. The highest BCUT2D eigenvalue weighted by Gasteiger charge is 2.34. The SMILES string of the molecule is CCn1nccc1CNC(=O)[C@H]1CCCN(S(=O)(=O)c2cnn(C)c2C)C1. The van der Waals surface area contributed by atoms with Gasteiger partial charge in [0.05, 0.1) is 30.0 Å². The minimum Gasteiger partial charge on any atom is -0.350 e. The van der Waals surface area contributed by atoms with Gasteiger partial charge < -0.3 is 5.32 Å². The summed E-state index contributed by atoms with van der Waals surface area (Å²) in [7, 11) is -1.94. The summed E-state index contributed by atoms with van der Waals surface area (Å²) in [6.45, 7) is 5.45. The van der Waals surface area contributed by atoms with Gasteiger partial charge in [-0.3, -0.25) is 14.2 Å². The first-order valence-corrected chi connectivity index (χ1v) is 10.6. The summed E-state index contributed by atoms with van der Waals surface area (Å²) in [6.07, 6.45) is 4.41. The van der Waals surface area contributed by atoms with Gasteiger partial charge >= 0.3 is 0 Å². The van der Waals surface area contributed by atoms with Crippen LogP contribution in [0.2, 0.25) is 0 Å². The molecule has 0 spiro atoms. The summed E-state index contributed by atoms with van der Waals surface area (Å²) >= 11 is 0. The van der Waals surface area contributed by atoms with Gasteiger partial charge in [-0.25, -0.2) is 8.42 Å². The maximum Gasteiger partial charge on any atom is 0.246 e. The van der Waals surface area contributed by atoms with Crippen molar-refractivity contribution in [2.24, 2.45) is 13.0 Å². The van der Waals surface area contributed by atoms with Crippen molar-refractivity contribution in [3.63, 3.8) is 0 Å². The number of piperidine rings is 1. The van der Waals surface area contributed by atoms with Crippen molar-refractivity contribution < 1.29 is 13.2 Å². The van der Waals surface area contributed by atoms with Crippen LogP contribution in [0.25, 0.3) is 0 Å². The zero-order chi connectivity index (χ0) is 19.6. The number of hydrogen-bond acceptors (Lipinski definition) is 5. The summed E-state index contributed by atoms with van der Waals surface area (Å²) < 4.78 is 30.7. The molecule has 1 atom stereocenters. The van der Waals surface area contributed by atoms with Crippen LogP contribution in [-0.2, 0) is 35.0 Å². The summed E-state index contributed by atoms with van der Waals surface area (Å²) in [5.41, 5.74) is 1.52. The highest BCUT2D eigenvalue weighted by molar-refractivity contribution is 7.89. The predicted molar refractivity (Wildman–Crippen MR) is 99.2 cm³/mol. The number of aromatic nitrogens is 4. The molecule has 1 saturated heterocycles. The molecule has 0 bridgehead atoms. The van der Waals surface area contributed by atoms with Gasteiger partial charge in [0.2, 0.25) is 15.9 Å². The molecular formula is C17H26N6O3S. The van der Waals surface area contributed by atoms with Crippen LogP contribution in [-0.4, -0.2) is 51.3 Å². The standard InChI is InChI=1S/C17H26N6O3S/c1-4-23-15(7-8-19-23)10-18-17(24)14-6-5-9-22(12-14)27(25,26)16-11-20-21(3)13(16)2/h7-8,11,14H,4-6,9-10,12H2,1-3H3,(H,18,24)/t14-/m0/s1. The molecule has 1 aliphatic rings. The minimum absolute atomic E-state index is 0.123. The molecule has 148 valence electrons. The molecule has 27 heavy (non-hydrogen) atoms. The van der Waals surface area contributed by atoms with Crippen LogP contribution in [0, 0.1) is 12.8 Å². The quantitative estimate of drug-likeness (QED) is 0.776. The van der Waals surface area contributed by atoms with Gasteiger partial charge in [-0.1, -0.05) is 0 Å². The molecule has 0 aromatic carbocycles. The molecule has 0 radical (unpaired) electrons. The van der Waals surface area contributed by atoms with E-state index in [9.17, 15) is 13.2 Å². The molecule has 10 heteroatoms. The highest BCUT2D eigenvalue weighted by Crippen LogP contribution is 2.25. The Labute approximate surface area is 159 Å². The van der Waals surface area contributed by atoms with Gasteiger partial charge in [0.1, 0.15) is 4.90 Å². The van der Waals surface area contributed by atoms with Crippen molar-refractivity contribution in [3.05, 3.63) is 29.8 Å². The fourth-order valence-electron chi connectivity index (χ4n) is 3.36. The lowest BCUT2D eigenvalue weighted by atomic mass is 9.99. The van der Waals surface area contributed by atoms with Gasteiger partial charge in [0.25, 0.3) is 0 Å². The number of carbonyl (C=O) groups excluding carboxylic acids is 1. The number of aryl methyl sites for hydroxylation is 2. The van der Waals surface area contributed by atoms with Gasteiger partial charge in [0, 0.05) is 32.9 Å². The van der Waals surface area contributed by atoms with E-state index in [1.54, 1.807) is 20.2 Å². The third-order valence-electron chi connectivity index (χ3n) is 5.11. The molecule has 1 N–H and O–H groups in total. The Kier molecular flexibility index (Phi) is 5.66. The van der Waals surface area contributed by atoms with Crippen LogP contribution >= 0.6 is 0 Å². The van der Waals surface area contributed by atoms with Gasteiger partial charge in [0.15, 0.2) is 0 Å². The topological polar surface area (TPSA) is 102 Å². The number of hydrogen-bond donors (Lipinski definition) is 1. The van der Waals surface area contributed by atoms with E-state index in [0.717, 1.165) is 12.2 Å². The van der Waals surface area contributed by atoms with E-state index in [-0.39, 0.29) is 23.3 Å². The molecule has 2 aromatic rings. The molecule has 0 aliphatic carbocycles. The number of nitrogens with zero attached hydrogens (tertiary/aromatic N) is 5. The van der Waals surface area contributed by atoms with Crippen molar-refractivity contribution in [2.45, 2.75) is 44.7 Å². The summed E-state index contributed by atoms with van der Waals surface area (Å²) in [6, 6.07) is 1.87. The number of nitrogens with one attached hydrogen (secondary N) is 1. The second kappa shape index (κ2) is 7.81. The van der Waals surface area contributed by atoms with Crippen LogP contribution in [0.15, 0.2) is 23.4 Å². The van der Waals surface area contributed by atoms with E-state index in [2.05, 4.69) is 15.5 Å². The average molecular weight is 395 g/mol. The molecule has 1 amide bonds. The third-order valence-corrected chi connectivity index (χ3v) is 7.08. The number of rotatable bonds is 6. The van der Waals surface area contributed by atoms with E-state index >= 15 is 0 Å². The van der Waals surface area contributed by atoms with Crippen molar-refractivity contribution >= 4 is 15.9 Å². The second-order valence-electron chi connectivity index (χ2n) is 6.78. The molecule has 9 nitrogen and oxygen atoms in total. The Balaban J connectivity index is 1.66. The first-order chi connectivity index (χ1) is 12.8. The fraction of sp³-hybridized carbons (Fsp3) is 0.588. The van der Waals surface area contributed by atoms with Crippen LogP contribution in [0.1, 0.15) is 31.2 Å². The Hall–Kier alpha value is -2.20. The zero-order valence-corrected chi connectivity index (χ0v) is 16.7. The second-order valence-corrected chi connectivity index (χ2v) is 8.68. The number of carbonyl (C=O) groups is 1. The molecular weight excluding hydrogens is 368 g/mol. The first kappa shape index (κ1) is 19.6. The lowest BCUT2D eigenvalue weighted by Crippen LogP contribution is -2.45. The summed E-state index contributed by atoms with van der Waals surface area (Å²) in [4.78, 5) is 12.8. The summed E-state index contributed by atoms with van der Waals surface area (Å²) in [5, 5.41) is 11.1. The van der Waals surface area contributed by atoms with Crippen molar-refractivity contribution in [3.8, 4) is 0 Å². The maximum absolute atomic E-state index is 12.9. The number of amides is 1. The zero-order valence-electron chi connectivity index (χ0n) is 15.9. The van der Waals surface area contributed by atoms with Crippen LogP contribution in [0.3, 0.4) is 0 Å². The predicted octanol–water partition coefficient (Wildman–Crippen LogP) is 0.662. The fourth-order valence-corrected chi connectivity index (χ4v) is 5.07. The number of sulfonamides is 1. The smallest absolute Gasteiger partial charge is 0.246 e. The van der Waals surface area contributed by atoms with E-state index in [1.807, 2.05) is 17.7 Å². The van der Waals surface area contributed by atoms with Crippen LogP contribution in [0.5, 0.6) is 0 Å². The monoisotopic (exact) mass is 394 g/mol. The molecule has 3 rings (SSSR count). The van der Waals surface area contributed by atoms with E-state index in [0.29, 0.717) is 31.6 Å². The average Bonchev–Trinajstić information content (AvgIpc) is 3.26. The Morgan fingerprint density at radius 1 is 1.37 bits per heavy atom. The molecule has 1 fully saturated rings. The molecule has 3 heterocycles. The van der Waals surface area contributed by atoms with Crippen molar-refractivity contribution in [2.75, 3.05) is 13.1 Å². The maximum atomic E-state index is 12.9. The Morgan fingerprint density at radius 3 is 2.81 bits per heavy atom. The van der Waals surface area contributed by atoms with Crippen molar-refractivity contribution in [1.82, 2.24) is 29.2 Å². The third kappa shape index (κ3) is 3.91. The minimum atomic E-state index is -3.65.